The average molecular weight is 356 g/mol. The van der Waals surface area contributed by atoms with E-state index in [0.29, 0.717) is 35.3 Å². The third-order valence-electron chi connectivity index (χ3n) is 4.39. The third kappa shape index (κ3) is 4.43. The summed E-state index contributed by atoms with van der Waals surface area (Å²) in [6.07, 6.45) is 0.340. The van der Waals surface area contributed by atoms with E-state index in [-0.39, 0.29) is 17.7 Å². The fourth-order valence-corrected chi connectivity index (χ4v) is 2.94. The number of aromatic carboxylic acids is 1. The molecular formula is C21H24O5. The lowest BCUT2D eigenvalue weighted by atomic mass is 9.89. The summed E-state index contributed by atoms with van der Waals surface area (Å²) in [7, 11) is 1.45. The molecule has 0 heterocycles. The number of carboxylic acids is 1. The first-order valence-electron chi connectivity index (χ1n) is 8.37. The maximum Gasteiger partial charge on any atom is 0.339 e. The van der Waals surface area contributed by atoms with Gasteiger partial charge in [-0.05, 0) is 30.9 Å². The number of hydrogen-bond donors (Lipinski definition) is 3. The van der Waals surface area contributed by atoms with Gasteiger partial charge < -0.3 is 20.1 Å². The first-order chi connectivity index (χ1) is 12.3. The minimum atomic E-state index is -1.21. The monoisotopic (exact) mass is 356 g/mol. The predicted molar refractivity (Wildman–Crippen MR) is 100.0 cm³/mol. The molecule has 2 aromatic carbocycles. The maximum absolute atomic E-state index is 11.7. The van der Waals surface area contributed by atoms with E-state index in [9.17, 15) is 20.1 Å². The molecule has 0 bridgehead atoms. The second-order valence-corrected chi connectivity index (χ2v) is 6.29. The summed E-state index contributed by atoms with van der Waals surface area (Å²) in [5, 5.41) is 30.0. The molecular weight excluding hydrogens is 332 g/mol. The molecule has 0 saturated carbocycles. The number of phenols is 1. The largest absolute Gasteiger partial charge is 0.507 e. The Morgan fingerprint density at radius 1 is 1.19 bits per heavy atom. The van der Waals surface area contributed by atoms with Crippen molar-refractivity contribution < 1.29 is 24.9 Å². The molecule has 3 N–H and O–H groups in total. The number of aromatic hydroxyl groups is 1. The van der Waals surface area contributed by atoms with Crippen molar-refractivity contribution in [3.8, 4) is 11.5 Å². The normalized spacial score (nSPS) is 11.8. The SMILES string of the molecule is C=C(C)C(O)Cc1c(OC)cc(O)c(C(=O)O)c1CCc1ccccc1. The van der Waals surface area contributed by atoms with Gasteiger partial charge in [0.15, 0.2) is 0 Å². The number of carboxylic acid groups (broad SMARTS) is 1. The molecule has 0 aromatic heterocycles. The van der Waals surface area contributed by atoms with Crippen LogP contribution in [0.4, 0.5) is 0 Å². The second-order valence-electron chi connectivity index (χ2n) is 6.29. The molecule has 0 spiro atoms. The standard InChI is InChI=1S/C21H24O5/c1-13(2)17(22)11-16-15(10-9-14-7-5-4-6-8-14)20(21(24)25)18(23)12-19(16)26-3/h4-8,12,17,22-23H,1,9-11H2,2-3H3,(H,24,25). The van der Waals surface area contributed by atoms with E-state index in [1.54, 1.807) is 6.92 Å². The molecule has 2 rings (SSSR count). The predicted octanol–water partition coefficient (Wildman–Crippen LogP) is 3.36. The Kier molecular flexibility index (Phi) is 6.41. The van der Waals surface area contributed by atoms with Gasteiger partial charge in [0.1, 0.15) is 17.1 Å². The Morgan fingerprint density at radius 3 is 2.38 bits per heavy atom. The van der Waals surface area contributed by atoms with E-state index in [4.69, 9.17) is 4.74 Å². The highest BCUT2D eigenvalue weighted by molar-refractivity contribution is 5.93. The maximum atomic E-state index is 11.7. The van der Waals surface area contributed by atoms with Gasteiger partial charge >= 0.3 is 5.97 Å². The Balaban J connectivity index is 2.53. The van der Waals surface area contributed by atoms with Crippen molar-refractivity contribution in [1.29, 1.82) is 0 Å². The van der Waals surface area contributed by atoms with Gasteiger partial charge in [-0.2, -0.15) is 0 Å². The third-order valence-corrected chi connectivity index (χ3v) is 4.39. The summed E-state index contributed by atoms with van der Waals surface area (Å²) in [6.45, 7) is 5.46. The number of rotatable bonds is 8. The van der Waals surface area contributed by atoms with E-state index >= 15 is 0 Å². The van der Waals surface area contributed by atoms with Crippen molar-refractivity contribution in [1.82, 2.24) is 0 Å². The first-order valence-corrected chi connectivity index (χ1v) is 8.37. The Bertz CT molecular complexity index is 796. The second kappa shape index (κ2) is 8.54. The summed E-state index contributed by atoms with van der Waals surface area (Å²) in [6, 6.07) is 11.0. The van der Waals surface area contributed by atoms with Crippen LogP contribution in [-0.4, -0.2) is 34.5 Å². The van der Waals surface area contributed by atoms with Gasteiger partial charge in [-0.3, -0.25) is 0 Å². The van der Waals surface area contributed by atoms with Crippen molar-refractivity contribution in [3.05, 3.63) is 70.8 Å². The van der Waals surface area contributed by atoms with Crippen LogP contribution >= 0.6 is 0 Å². The molecule has 26 heavy (non-hydrogen) atoms. The average Bonchev–Trinajstić information content (AvgIpc) is 2.61. The summed E-state index contributed by atoms with van der Waals surface area (Å²) < 4.78 is 5.34. The number of carbonyl (C=O) groups is 1. The van der Waals surface area contributed by atoms with Crippen LogP contribution in [0, 0.1) is 0 Å². The number of ether oxygens (including phenoxy) is 1. The Morgan fingerprint density at radius 2 is 1.85 bits per heavy atom. The molecule has 5 nitrogen and oxygen atoms in total. The Hall–Kier alpha value is -2.79. The van der Waals surface area contributed by atoms with Gasteiger partial charge in [0.25, 0.3) is 0 Å². The molecule has 2 aromatic rings. The lowest BCUT2D eigenvalue weighted by Crippen LogP contribution is -2.16. The van der Waals surface area contributed by atoms with Gasteiger partial charge in [-0.15, -0.1) is 0 Å². The van der Waals surface area contributed by atoms with Crippen LogP contribution in [0.1, 0.15) is 34.0 Å². The van der Waals surface area contributed by atoms with E-state index in [1.807, 2.05) is 30.3 Å². The van der Waals surface area contributed by atoms with E-state index in [2.05, 4.69) is 6.58 Å². The quantitative estimate of drug-likeness (QED) is 0.631. The number of aliphatic hydroxyl groups is 1. The molecule has 0 saturated heterocycles. The zero-order valence-corrected chi connectivity index (χ0v) is 15.0. The van der Waals surface area contributed by atoms with Crippen LogP contribution in [0.2, 0.25) is 0 Å². The summed E-state index contributed by atoms with van der Waals surface area (Å²) in [4.78, 5) is 11.7. The molecule has 0 aliphatic heterocycles. The Labute approximate surface area is 153 Å². The van der Waals surface area contributed by atoms with Gasteiger partial charge in [0, 0.05) is 18.1 Å². The first kappa shape index (κ1) is 19.5. The number of aliphatic hydroxyl groups excluding tert-OH is 1. The molecule has 0 aliphatic rings. The molecule has 5 heteroatoms. The number of hydrogen-bond acceptors (Lipinski definition) is 4. The van der Waals surface area contributed by atoms with Gasteiger partial charge in [-0.25, -0.2) is 4.79 Å². The van der Waals surface area contributed by atoms with Crippen molar-refractivity contribution in [2.45, 2.75) is 32.3 Å². The molecule has 0 radical (unpaired) electrons. The fraction of sp³-hybridized carbons (Fsp3) is 0.286. The highest BCUT2D eigenvalue weighted by atomic mass is 16.5. The number of methoxy groups -OCH3 is 1. The molecule has 0 aliphatic carbocycles. The topological polar surface area (TPSA) is 87.0 Å². The van der Waals surface area contributed by atoms with Crippen LogP contribution in [0.5, 0.6) is 11.5 Å². The summed E-state index contributed by atoms with van der Waals surface area (Å²) in [5.74, 6) is -1.19. The molecule has 1 atom stereocenters. The fourth-order valence-electron chi connectivity index (χ4n) is 2.94. The lowest BCUT2D eigenvalue weighted by Gasteiger charge is -2.20. The zero-order chi connectivity index (χ0) is 19.3. The van der Waals surface area contributed by atoms with Crippen LogP contribution in [-0.2, 0) is 19.3 Å². The molecule has 138 valence electrons. The van der Waals surface area contributed by atoms with Gasteiger partial charge in [0.05, 0.1) is 13.2 Å². The minimum Gasteiger partial charge on any atom is -0.507 e. The van der Waals surface area contributed by atoms with E-state index in [1.165, 1.54) is 13.2 Å². The smallest absolute Gasteiger partial charge is 0.339 e. The lowest BCUT2D eigenvalue weighted by molar-refractivity contribution is 0.0692. The van der Waals surface area contributed by atoms with Gasteiger partial charge in [-0.1, -0.05) is 42.5 Å². The van der Waals surface area contributed by atoms with Crippen molar-refractivity contribution in [3.63, 3.8) is 0 Å². The van der Waals surface area contributed by atoms with Crippen LogP contribution in [0.15, 0.2) is 48.6 Å². The van der Waals surface area contributed by atoms with Crippen LogP contribution in [0.3, 0.4) is 0 Å². The molecule has 0 amide bonds. The molecule has 1 unspecified atom stereocenters. The number of aryl methyl sites for hydroxylation is 1. The number of benzene rings is 2. The highest BCUT2D eigenvalue weighted by Crippen LogP contribution is 2.35. The minimum absolute atomic E-state index is 0.148. The van der Waals surface area contributed by atoms with Crippen LogP contribution in [0.25, 0.3) is 0 Å². The zero-order valence-electron chi connectivity index (χ0n) is 15.0. The van der Waals surface area contributed by atoms with Crippen molar-refractivity contribution in [2.24, 2.45) is 0 Å². The summed E-state index contributed by atoms with van der Waals surface area (Å²) in [5.41, 5.74) is 2.53. The van der Waals surface area contributed by atoms with Crippen LogP contribution < -0.4 is 4.74 Å². The highest BCUT2D eigenvalue weighted by Gasteiger charge is 2.24. The summed E-state index contributed by atoms with van der Waals surface area (Å²) >= 11 is 0. The van der Waals surface area contributed by atoms with E-state index in [0.717, 1.165) is 5.56 Å². The van der Waals surface area contributed by atoms with Crippen molar-refractivity contribution in [2.75, 3.05) is 7.11 Å². The van der Waals surface area contributed by atoms with Gasteiger partial charge in [0.2, 0.25) is 0 Å². The van der Waals surface area contributed by atoms with Crippen molar-refractivity contribution >= 4 is 5.97 Å². The molecule has 0 fully saturated rings. The van der Waals surface area contributed by atoms with E-state index < -0.39 is 12.1 Å².